The standard InChI is InChI=1S/C25H23N3O4/c1-17(13-24(29)26-21-11-12-22-23(15-21)32-16-31-22)27-28-25(30)14-18-7-9-20(10-8-18)19-5-3-2-4-6-19/h2-12,15H,13-14,16H2,1H3,(H,26,29)(H,28,30). The molecule has 0 saturated heterocycles. The molecular formula is C25H23N3O4. The first-order chi connectivity index (χ1) is 15.6. The van der Waals surface area contributed by atoms with Gasteiger partial charge in [0.05, 0.1) is 12.8 Å². The van der Waals surface area contributed by atoms with E-state index in [9.17, 15) is 9.59 Å². The number of rotatable bonds is 7. The number of nitrogens with one attached hydrogen (secondary N) is 2. The van der Waals surface area contributed by atoms with Gasteiger partial charge in [0.15, 0.2) is 11.5 Å². The maximum Gasteiger partial charge on any atom is 0.244 e. The Kier molecular flexibility index (Phi) is 6.46. The second-order valence-electron chi connectivity index (χ2n) is 7.41. The van der Waals surface area contributed by atoms with Crippen molar-refractivity contribution in [2.45, 2.75) is 19.8 Å². The van der Waals surface area contributed by atoms with E-state index in [1.54, 1.807) is 25.1 Å². The summed E-state index contributed by atoms with van der Waals surface area (Å²) in [7, 11) is 0. The molecule has 0 fully saturated rings. The number of fused-ring (bicyclic) bond motifs is 1. The fourth-order valence-corrected chi connectivity index (χ4v) is 3.28. The van der Waals surface area contributed by atoms with Gasteiger partial charge in [0, 0.05) is 17.5 Å². The Labute approximate surface area is 186 Å². The predicted molar refractivity (Wildman–Crippen MR) is 123 cm³/mol. The molecule has 3 aromatic carbocycles. The van der Waals surface area contributed by atoms with Crippen molar-refractivity contribution in [2.24, 2.45) is 5.10 Å². The number of hydrogen-bond donors (Lipinski definition) is 2. The molecule has 0 atom stereocenters. The second-order valence-corrected chi connectivity index (χ2v) is 7.41. The van der Waals surface area contributed by atoms with Crippen molar-refractivity contribution in [2.75, 3.05) is 12.1 Å². The lowest BCUT2D eigenvalue weighted by atomic mass is 10.0. The summed E-state index contributed by atoms with van der Waals surface area (Å²) in [6.45, 7) is 1.86. The van der Waals surface area contributed by atoms with Crippen LogP contribution in [0.5, 0.6) is 11.5 Å². The molecule has 0 spiro atoms. The number of benzene rings is 3. The first-order valence-corrected chi connectivity index (χ1v) is 10.2. The van der Waals surface area contributed by atoms with Gasteiger partial charge in [0.2, 0.25) is 18.6 Å². The Morgan fingerprint density at radius 2 is 1.59 bits per heavy atom. The van der Waals surface area contributed by atoms with Crippen molar-refractivity contribution in [1.29, 1.82) is 0 Å². The van der Waals surface area contributed by atoms with E-state index in [1.807, 2.05) is 54.6 Å². The molecular weight excluding hydrogens is 406 g/mol. The molecule has 0 aromatic heterocycles. The summed E-state index contributed by atoms with van der Waals surface area (Å²) in [5, 5.41) is 6.82. The summed E-state index contributed by atoms with van der Waals surface area (Å²) >= 11 is 0. The number of carbonyl (C=O) groups is 2. The van der Waals surface area contributed by atoms with Crippen LogP contribution in [0, 0.1) is 0 Å². The lowest BCUT2D eigenvalue weighted by Gasteiger charge is -2.07. The molecule has 0 saturated carbocycles. The molecule has 0 bridgehead atoms. The van der Waals surface area contributed by atoms with Crippen LogP contribution in [0.4, 0.5) is 5.69 Å². The quantitative estimate of drug-likeness (QED) is 0.436. The first kappa shape index (κ1) is 21.1. The Hall–Kier alpha value is -4.13. The molecule has 4 rings (SSSR count). The monoisotopic (exact) mass is 429 g/mol. The summed E-state index contributed by atoms with van der Waals surface area (Å²) in [5.41, 5.74) is 6.72. The maximum atomic E-state index is 12.2. The SMILES string of the molecule is CC(CC(=O)Nc1ccc2c(c1)OCO2)=NNC(=O)Cc1ccc(-c2ccccc2)cc1. The normalized spacial score (nSPS) is 12.3. The molecule has 2 amide bonds. The molecule has 1 heterocycles. The average Bonchev–Trinajstić information content (AvgIpc) is 3.27. The molecule has 7 nitrogen and oxygen atoms in total. The summed E-state index contributed by atoms with van der Waals surface area (Å²) in [5.74, 6) is 0.763. The van der Waals surface area contributed by atoms with E-state index >= 15 is 0 Å². The van der Waals surface area contributed by atoms with Gasteiger partial charge in [0.25, 0.3) is 0 Å². The Morgan fingerprint density at radius 1 is 0.875 bits per heavy atom. The maximum absolute atomic E-state index is 12.2. The van der Waals surface area contributed by atoms with Crippen molar-refractivity contribution in [1.82, 2.24) is 5.43 Å². The molecule has 2 N–H and O–H groups in total. The lowest BCUT2D eigenvalue weighted by molar-refractivity contribution is -0.120. The zero-order valence-electron chi connectivity index (χ0n) is 17.6. The molecule has 3 aromatic rings. The van der Waals surface area contributed by atoms with Crippen molar-refractivity contribution in [3.63, 3.8) is 0 Å². The van der Waals surface area contributed by atoms with E-state index in [1.165, 1.54) is 0 Å². The highest BCUT2D eigenvalue weighted by Crippen LogP contribution is 2.34. The largest absolute Gasteiger partial charge is 0.454 e. The Bertz CT molecular complexity index is 1140. The summed E-state index contributed by atoms with van der Waals surface area (Å²) in [4.78, 5) is 24.4. The van der Waals surface area contributed by atoms with Crippen LogP contribution in [-0.2, 0) is 16.0 Å². The fourth-order valence-electron chi connectivity index (χ4n) is 3.28. The zero-order chi connectivity index (χ0) is 22.3. The molecule has 7 heteroatoms. The third kappa shape index (κ3) is 5.51. The third-order valence-corrected chi connectivity index (χ3v) is 4.87. The van der Waals surface area contributed by atoms with Gasteiger partial charge in [-0.2, -0.15) is 5.10 Å². The summed E-state index contributed by atoms with van der Waals surface area (Å²) in [6, 6.07) is 23.1. The zero-order valence-corrected chi connectivity index (χ0v) is 17.6. The van der Waals surface area contributed by atoms with Crippen LogP contribution in [0.25, 0.3) is 11.1 Å². The molecule has 1 aliphatic rings. The van der Waals surface area contributed by atoms with Gasteiger partial charge in [-0.15, -0.1) is 0 Å². The van der Waals surface area contributed by atoms with Gasteiger partial charge < -0.3 is 14.8 Å². The van der Waals surface area contributed by atoms with Crippen molar-refractivity contribution in [3.8, 4) is 22.6 Å². The van der Waals surface area contributed by atoms with Gasteiger partial charge in [0.1, 0.15) is 0 Å². The number of carbonyl (C=O) groups excluding carboxylic acids is 2. The topological polar surface area (TPSA) is 89.0 Å². The van der Waals surface area contributed by atoms with E-state index in [2.05, 4.69) is 15.8 Å². The predicted octanol–water partition coefficient (Wildman–Crippen LogP) is 4.15. The van der Waals surface area contributed by atoms with E-state index < -0.39 is 0 Å². The average molecular weight is 429 g/mol. The van der Waals surface area contributed by atoms with E-state index in [0.29, 0.717) is 22.9 Å². The van der Waals surface area contributed by atoms with Crippen molar-refractivity contribution >= 4 is 23.2 Å². The van der Waals surface area contributed by atoms with Crippen LogP contribution in [0.1, 0.15) is 18.9 Å². The van der Waals surface area contributed by atoms with E-state index in [4.69, 9.17) is 9.47 Å². The lowest BCUT2D eigenvalue weighted by Crippen LogP contribution is -2.22. The summed E-state index contributed by atoms with van der Waals surface area (Å²) < 4.78 is 10.6. The van der Waals surface area contributed by atoms with Crippen molar-refractivity contribution in [3.05, 3.63) is 78.4 Å². The van der Waals surface area contributed by atoms with Crippen molar-refractivity contribution < 1.29 is 19.1 Å². The molecule has 162 valence electrons. The molecule has 0 aliphatic carbocycles. The van der Waals surface area contributed by atoms with E-state index in [0.717, 1.165) is 16.7 Å². The highest BCUT2D eigenvalue weighted by molar-refractivity contribution is 6.05. The second kappa shape index (κ2) is 9.78. The number of hydrogen-bond acceptors (Lipinski definition) is 5. The molecule has 0 radical (unpaired) electrons. The van der Waals surface area contributed by atoms with Gasteiger partial charge in [-0.05, 0) is 35.7 Å². The smallest absolute Gasteiger partial charge is 0.244 e. The van der Waals surface area contributed by atoms with Crippen LogP contribution >= 0.6 is 0 Å². The first-order valence-electron chi connectivity index (χ1n) is 10.2. The number of nitrogens with zero attached hydrogens (tertiary/aromatic N) is 1. The number of ether oxygens (including phenoxy) is 2. The Morgan fingerprint density at radius 3 is 2.38 bits per heavy atom. The highest BCUT2D eigenvalue weighted by atomic mass is 16.7. The van der Waals surface area contributed by atoms with Crippen LogP contribution in [0.2, 0.25) is 0 Å². The Balaban J connectivity index is 1.25. The third-order valence-electron chi connectivity index (χ3n) is 4.87. The minimum absolute atomic E-state index is 0.0560. The van der Waals surface area contributed by atoms with Crippen LogP contribution in [-0.4, -0.2) is 24.3 Å². The van der Waals surface area contributed by atoms with Gasteiger partial charge in [-0.1, -0.05) is 54.6 Å². The molecule has 1 aliphatic heterocycles. The fraction of sp³-hybridized carbons (Fsp3) is 0.160. The van der Waals surface area contributed by atoms with Crippen LogP contribution < -0.4 is 20.2 Å². The van der Waals surface area contributed by atoms with Gasteiger partial charge >= 0.3 is 0 Å². The highest BCUT2D eigenvalue weighted by Gasteiger charge is 2.14. The van der Waals surface area contributed by atoms with Gasteiger partial charge in [-0.3, -0.25) is 9.59 Å². The van der Waals surface area contributed by atoms with E-state index in [-0.39, 0.29) is 31.4 Å². The number of anilines is 1. The summed E-state index contributed by atoms with van der Waals surface area (Å²) in [6.07, 6.45) is 0.260. The minimum atomic E-state index is -0.243. The molecule has 32 heavy (non-hydrogen) atoms. The van der Waals surface area contributed by atoms with Crippen LogP contribution in [0.15, 0.2) is 77.9 Å². The minimum Gasteiger partial charge on any atom is -0.454 e. The van der Waals surface area contributed by atoms with Crippen LogP contribution in [0.3, 0.4) is 0 Å². The number of hydrazone groups is 1. The van der Waals surface area contributed by atoms with Gasteiger partial charge in [-0.25, -0.2) is 5.43 Å². The number of amides is 2. The molecule has 0 unspecified atom stereocenters.